The zero-order valence-corrected chi connectivity index (χ0v) is 10.0. The molecule has 0 aromatic heterocycles. The largest absolute Gasteiger partial charge is 0.504 e. The van der Waals surface area contributed by atoms with Crippen LogP contribution in [0.1, 0.15) is 12.0 Å². The van der Waals surface area contributed by atoms with Crippen LogP contribution in [-0.4, -0.2) is 16.8 Å². The lowest BCUT2D eigenvalue weighted by Crippen LogP contribution is -1.94. The van der Waals surface area contributed by atoms with Crippen molar-refractivity contribution >= 4 is 0 Å². The number of hydrogen-bond acceptors (Lipinski definition) is 3. The van der Waals surface area contributed by atoms with Gasteiger partial charge in [-0.15, -0.1) is 0 Å². The summed E-state index contributed by atoms with van der Waals surface area (Å²) >= 11 is 0. The fourth-order valence-corrected chi connectivity index (χ4v) is 1.74. The van der Waals surface area contributed by atoms with Gasteiger partial charge in [0.1, 0.15) is 5.75 Å². The number of phenolic OH excluding ortho intramolecular Hbond substituents is 1. The van der Waals surface area contributed by atoms with Crippen LogP contribution in [0.4, 0.5) is 0 Å². The molecule has 0 saturated heterocycles. The maximum Gasteiger partial charge on any atom is 0.169 e. The summed E-state index contributed by atoms with van der Waals surface area (Å²) in [6.45, 7) is 0.158. The highest BCUT2D eigenvalue weighted by molar-refractivity contribution is 5.44. The van der Waals surface area contributed by atoms with Gasteiger partial charge in [-0.2, -0.15) is 0 Å². The molecule has 3 nitrogen and oxygen atoms in total. The lowest BCUT2D eigenvalue weighted by Gasteiger charge is -2.11. The third-order valence-corrected chi connectivity index (χ3v) is 2.66. The molecule has 2 N–H and O–H groups in total. The van der Waals surface area contributed by atoms with Crippen LogP contribution in [0.25, 0.3) is 0 Å². The molecular formula is C15H16O3. The average molecular weight is 244 g/mol. The summed E-state index contributed by atoms with van der Waals surface area (Å²) in [6, 6.07) is 14.5. The Morgan fingerprint density at radius 3 is 2.28 bits per heavy atom. The summed E-state index contributed by atoms with van der Waals surface area (Å²) in [4.78, 5) is 0. The molecule has 0 aliphatic rings. The molecule has 2 aromatic rings. The van der Waals surface area contributed by atoms with Crippen molar-refractivity contribution in [2.75, 3.05) is 6.61 Å². The maximum absolute atomic E-state index is 9.67. The fraction of sp³-hybridized carbons (Fsp3) is 0.200. The van der Waals surface area contributed by atoms with Crippen molar-refractivity contribution in [2.45, 2.75) is 12.8 Å². The second-order valence-electron chi connectivity index (χ2n) is 4.00. The number of aryl methyl sites for hydroxylation is 1. The molecule has 0 fully saturated rings. The van der Waals surface area contributed by atoms with Crippen LogP contribution in [0.15, 0.2) is 48.5 Å². The van der Waals surface area contributed by atoms with E-state index >= 15 is 0 Å². The standard InChI is InChI=1S/C15H16O3/c16-11-5-7-12-6-1-3-9-14(12)18-15-10-4-2-8-13(15)17/h1-4,6,8-10,16-17H,5,7,11H2. The molecule has 0 bridgehead atoms. The lowest BCUT2D eigenvalue weighted by atomic mass is 10.1. The number of aliphatic hydroxyl groups excluding tert-OH is 1. The molecule has 2 aromatic carbocycles. The number of para-hydroxylation sites is 3. The van der Waals surface area contributed by atoms with Gasteiger partial charge >= 0.3 is 0 Å². The SMILES string of the molecule is OCCCc1ccccc1Oc1ccccc1O. The molecule has 0 aliphatic heterocycles. The number of benzene rings is 2. The molecule has 0 spiro atoms. The first-order valence-corrected chi connectivity index (χ1v) is 5.96. The van der Waals surface area contributed by atoms with E-state index in [1.807, 2.05) is 30.3 Å². The number of aromatic hydroxyl groups is 1. The smallest absolute Gasteiger partial charge is 0.169 e. The normalized spacial score (nSPS) is 10.3. The van der Waals surface area contributed by atoms with Crippen LogP contribution in [0, 0.1) is 0 Å². The van der Waals surface area contributed by atoms with Gasteiger partial charge in [0.25, 0.3) is 0 Å². The number of phenols is 1. The van der Waals surface area contributed by atoms with E-state index in [2.05, 4.69) is 0 Å². The first kappa shape index (κ1) is 12.5. The third-order valence-electron chi connectivity index (χ3n) is 2.66. The molecule has 94 valence electrons. The third kappa shape index (κ3) is 3.02. The predicted molar refractivity (Wildman–Crippen MR) is 70.0 cm³/mol. The highest BCUT2D eigenvalue weighted by atomic mass is 16.5. The first-order valence-electron chi connectivity index (χ1n) is 5.96. The Labute approximate surface area is 106 Å². The van der Waals surface area contributed by atoms with Gasteiger partial charge in [-0.25, -0.2) is 0 Å². The summed E-state index contributed by atoms with van der Waals surface area (Å²) < 4.78 is 5.71. The van der Waals surface area contributed by atoms with Crippen molar-refractivity contribution in [2.24, 2.45) is 0 Å². The molecule has 2 rings (SSSR count). The van der Waals surface area contributed by atoms with Crippen molar-refractivity contribution in [1.82, 2.24) is 0 Å². The summed E-state index contributed by atoms with van der Waals surface area (Å²) in [5.41, 5.74) is 1.02. The Balaban J connectivity index is 2.21. The number of rotatable bonds is 5. The van der Waals surface area contributed by atoms with Crippen molar-refractivity contribution in [3.63, 3.8) is 0 Å². The van der Waals surface area contributed by atoms with E-state index in [9.17, 15) is 5.11 Å². The molecule has 0 atom stereocenters. The second kappa shape index (κ2) is 6.07. The van der Waals surface area contributed by atoms with E-state index in [1.54, 1.807) is 18.2 Å². The van der Waals surface area contributed by atoms with E-state index in [0.717, 1.165) is 12.0 Å². The van der Waals surface area contributed by atoms with Gasteiger partial charge < -0.3 is 14.9 Å². The van der Waals surface area contributed by atoms with Gasteiger partial charge in [0.05, 0.1) is 0 Å². The molecule has 0 saturated carbocycles. The van der Waals surface area contributed by atoms with Crippen molar-refractivity contribution in [3.8, 4) is 17.2 Å². The van der Waals surface area contributed by atoms with Crippen LogP contribution < -0.4 is 4.74 Å². The van der Waals surface area contributed by atoms with Crippen molar-refractivity contribution in [1.29, 1.82) is 0 Å². The highest BCUT2D eigenvalue weighted by Gasteiger charge is 2.06. The second-order valence-corrected chi connectivity index (χ2v) is 4.00. The van der Waals surface area contributed by atoms with Gasteiger partial charge in [0.15, 0.2) is 11.5 Å². The Morgan fingerprint density at radius 1 is 0.889 bits per heavy atom. The van der Waals surface area contributed by atoms with Crippen LogP contribution in [0.5, 0.6) is 17.2 Å². The summed E-state index contributed by atoms with van der Waals surface area (Å²) in [6.07, 6.45) is 1.45. The number of hydrogen-bond donors (Lipinski definition) is 2. The number of aliphatic hydroxyl groups is 1. The minimum absolute atomic E-state index is 0.120. The Hall–Kier alpha value is -2.00. The minimum atomic E-state index is 0.120. The van der Waals surface area contributed by atoms with E-state index < -0.39 is 0 Å². The molecule has 3 heteroatoms. The van der Waals surface area contributed by atoms with Crippen LogP contribution in [0.3, 0.4) is 0 Å². The molecule has 0 amide bonds. The van der Waals surface area contributed by atoms with Crippen LogP contribution in [-0.2, 0) is 6.42 Å². The Morgan fingerprint density at radius 2 is 1.56 bits per heavy atom. The van der Waals surface area contributed by atoms with Gasteiger partial charge in [-0.1, -0.05) is 30.3 Å². The molecular weight excluding hydrogens is 228 g/mol. The van der Waals surface area contributed by atoms with Gasteiger partial charge in [0.2, 0.25) is 0 Å². The Kier molecular flexibility index (Phi) is 4.20. The molecule has 0 aliphatic carbocycles. The predicted octanol–water partition coefficient (Wildman–Crippen LogP) is 3.11. The highest BCUT2D eigenvalue weighted by Crippen LogP contribution is 2.32. The summed E-state index contributed by atoms with van der Waals surface area (Å²) in [5, 5.41) is 18.5. The first-order chi connectivity index (χ1) is 8.81. The maximum atomic E-state index is 9.67. The van der Waals surface area contributed by atoms with Gasteiger partial charge in [0, 0.05) is 6.61 Å². The zero-order valence-electron chi connectivity index (χ0n) is 10.0. The molecule has 0 radical (unpaired) electrons. The lowest BCUT2D eigenvalue weighted by molar-refractivity contribution is 0.288. The molecule has 18 heavy (non-hydrogen) atoms. The van der Waals surface area contributed by atoms with E-state index in [1.165, 1.54) is 0 Å². The zero-order chi connectivity index (χ0) is 12.8. The van der Waals surface area contributed by atoms with Crippen molar-refractivity contribution in [3.05, 3.63) is 54.1 Å². The quantitative estimate of drug-likeness (QED) is 0.849. The number of ether oxygens (including phenoxy) is 1. The summed E-state index contributed by atoms with van der Waals surface area (Å²) in [7, 11) is 0. The minimum Gasteiger partial charge on any atom is -0.504 e. The summed E-state index contributed by atoms with van der Waals surface area (Å²) in [5.74, 6) is 1.27. The fourth-order valence-electron chi connectivity index (χ4n) is 1.74. The van der Waals surface area contributed by atoms with Crippen LogP contribution in [0.2, 0.25) is 0 Å². The topological polar surface area (TPSA) is 49.7 Å². The van der Waals surface area contributed by atoms with E-state index in [4.69, 9.17) is 9.84 Å². The molecule has 0 heterocycles. The molecule has 0 unspecified atom stereocenters. The van der Waals surface area contributed by atoms with Crippen molar-refractivity contribution < 1.29 is 14.9 Å². The van der Waals surface area contributed by atoms with Crippen LogP contribution >= 0.6 is 0 Å². The van der Waals surface area contributed by atoms with E-state index in [-0.39, 0.29) is 12.4 Å². The van der Waals surface area contributed by atoms with Gasteiger partial charge in [-0.3, -0.25) is 0 Å². The average Bonchev–Trinajstić information content (AvgIpc) is 2.40. The monoisotopic (exact) mass is 244 g/mol. The van der Waals surface area contributed by atoms with Gasteiger partial charge in [-0.05, 0) is 36.6 Å². The van der Waals surface area contributed by atoms with E-state index in [0.29, 0.717) is 17.9 Å². The Bertz CT molecular complexity index is 509.